The summed E-state index contributed by atoms with van der Waals surface area (Å²) < 4.78 is 7.73. The fourth-order valence-electron chi connectivity index (χ4n) is 3.83. The van der Waals surface area contributed by atoms with Crippen molar-refractivity contribution in [3.63, 3.8) is 0 Å². The van der Waals surface area contributed by atoms with Gasteiger partial charge in [-0.15, -0.1) is 10.2 Å². The van der Waals surface area contributed by atoms with Gasteiger partial charge < -0.3 is 9.52 Å². The van der Waals surface area contributed by atoms with Crippen LogP contribution >= 0.6 is 0 Å². The molecule has 4 rings (SSSR count). The van der Waals surface area contributed by atoms with Crippen LogP contribution in [0.25, 0.3) is 28.0 Å². The SMILES string of the molecule is CCc1cc2c(=O)c(-c3nncn3-c3ccccc3)coc2c(CN(CC)CC)c1O. The van der Waals surface area contributed by atoms with Gasteiger partial charge in [0.2, 0.25) is 5.43 Å². The summed E-state index contributed by atoms with van der Waals surface area (Å²) in [4.78, 5) is 15.7. The predicted octanol–water partition coefficient (Wildman–Crippen LogP) is 4.15. The molecule has 0 aliphatic carbocycles. The molecule has 1 N–H and O–H groups in total. The second-order valence-electron chi connectivity index (χ2n) is 7.39. The third kappa shape index (κ3) is 3.72. The highest BCUT2D eigenvalue weighted by Crippen LogP contribution is 2.33. The molecule has 0 unspecified atom stereocenters. The first kappa shape index (κ1) is 20.8. The number of aromatic nitrogens is 3. The standard InChI is InChI=1S/C24H26N4O3/c1-4-16-12-18-22(30)20(24-26-25-15-28(24)17-10-8-7-9-11-17)14-31-23(18)19(21(16)29)13-27(5-2)6-3/h7-12,14-15,29H,4-6,13H2,1-3H3. The Kier molecular flexibility index (Phi) is 5.86. The molecule has 0 amide bonds. The number of benzene rings is 2. The van der Waals surface area contributed by atoms with Crippen LogP contribution < -0.4 is 5.43 Å². The second kappa shape index (κ2) is 8.73. The van der Waals surface area contributed by atoms with Gasteiger partial charge in [0, 0.05) is 12.2 Å². The van der Waals surface area contributed by atoms with Crippen LogP contribution in [0.1, 0.15) is 31.9 Å². The normalized spacial score (nSPS) is 11.5. The molecule has 7 heteroatoms. The second-order valence-corrected chi connectivity index (χ2v) is 7.39. The lowest BCUT2D eigenvalue weighted by Gasteiger charge is -2.20. The van der Waals surface area contributed by atoms with Gasteiger partial charge in [-0.1, -0.05) is 39.0 Å². The summed E-state index contributed by atoms with van der Waals surface area (Å²) in [6, 6.07) is 11.3. The number of nitrogens with zero attached hydrogens (tertiary/aromatic N) is 4. The first-order valence-electron chi connectivity index (χ1n) is 10.6. The number of phenolic OH excluding ortho intramolecular Hbond substituents is 1. The number of aromatic hydroxyl groups is 1. The van der Waals surface area contributed by atoms with E-state index in [9.17, 15) is 9.90 Å². The Morgan fingerprint density at radius 2 is 1.87 bits per heavy atom. The first-order valence-corrected chi connectivity index (χ1v) is 10.6. The van der Waals surface area contributed by atoms with E-state index in [4.69, 9.17) is 4.42 Å². The minimum atomic E-state index is -0.193. The molecule has 0 bridgehead atoms. The molecular formula is C24H26N4O3. The molecule has 0 spiro atoms. The summed E-state index contributed by atoms with van der Waals surface area (Å²) in [6.07, 6.45) is 3.61. The zero-order valence-electron chi connectivity index (χ0n) is 18.0. The highest BCUT2D eigenvalue weighted by Gasteiger charge is 2.21. The summed E-state index contributed by atoms with van der Waals surface area (Å²) in [5.74, 6) is 0.614. The van der Waals surface area contributed by atoms with E-state index in [1.807, 2.05) is 37.3 Å². The van der Waals surface area contributed by atoms with E-state index >= 15 is 0 Å². The van der Waals surface area contributed by atoms with Crippen molar-refractivity contribution in [2.75, 3.05) is 13.1 Å². The molecule has 2 aromatic carbocycles. The molecule has 4 aromatic rings. The number of hydrogen-bond donors (Lipinski definition) is 1. The third-order valence-corrected chi connectivity index (χ3v) is 5.69. The zero-order valence-corrected chi connectivity index (χ0v) is 18.0. The lowest BCUT2D eigenvalue weighted by Crippen LogP contribution is -2.23. The van der Waals surface area contributed by atoms with E-state index in [-0.39, 0.29) is 11.2 Å². The summed E-state index contributed by atoms with van der Waals surface area (Å²) in [6.45, 7) is 8.26. The van der Waals surface area contributed by atoms with Crippen LogP contribution in [-0.2, 0) is 13.0 Å². The molecule has 0 atom stereocenters. The monoisotopic (exact) mass is 418 g/mol. The molecule has 0 aliphatic heterocycles. The number of phenols is 1. The van der Waals surface area contributed by atoms with E-state index in [1.54, 1.807) is 17.0 Å². The van der Waals surface area contributed by atoms with Gasteiger partial charge in [0.1, 0.15) is 29.5 Å². The maximum absolute atomic E-state index is 13.5. The van der Waals surface area contributed by atoms with Crippen molar-refractivity contribution in [1.29, 1.82) is 0 Å². The van der Waals surface area contributed by atoms with Gasteiger partial charge in [-0.25, -0.2) is 0 Å². The van der Waals surface area contributed by atoms with Gasteiger partial charge in [0.25, 0.3) is 0 Å². The van der Waals surface area contributed by atoms with Crippen LogP contribution in [0, 0.1) is 0 Å². The Morgan fingerprint density at radius 1 is 1.13 bits per heavy atom. The zero-order chi connectivity index (χ0) is 22.0. The van der Waals surface area contributed by atoms with E-state index in [1.165, 1.54) is 6.26 Å². The molecule has 2 aromatic heterocycles. The van der Waals surface area contributed by atoms with Crippen molar-refractivity contribution in [2.24, 2.45) is 0 Å². The van der Waals surface area contributed by atoms with Gasteiger partial charge in [0.15, 0.2) is 5.82 Å². The maximum Gasteiger partial charge on any atom is 0.203 e. The molecule has 160 valence electrons. The number of rotatable bonds is 7. The highest BCUT2D eigenvalue weighted by atomic mass is 16.3. The van der Waals surface area contributed by atoms with E-state index in [0.717, 1.165) is 24.3 Å². The molecule has 0 radical (unpaired) electrons. The molecule has 0 saturated heterocycles. The van der Waals surface area contributed by atoms with E-state index in [0.29, 0.717) is 40.9 Å². The van der Waals surface area contributed by atoms with E-state index < -0.39 is 0 Å². The van der Waals surface area contributed by atoms with Crippen LogP contribution in [0.5, 0.6) is 5.75 Å². The van der Waals surface area contributed by atoms with Gasteiger partial charge in [-0.2, -0.15) is 0 Å². The molecule has 0 fully saturated rings. The average Bonchev–Trinajstić information content (AvgIpc) is 3.29. The number of aryl methyl sites for hydroxylation is 1. The maximum atomic E-state index is 13.5. The number of para-hydroxylation sites is 1. The summed E-state index contributed by atoms with van der Waals surface area (Å²) >= 11 is 0. The molecule has 2 heterocycles. The van der Waals surface area contributed by atoms with Crippen LogP contribution in [0.2, 0.25) is 0 Å². The fraction of sp³-hybridized carbons (Fsp3) is 0.292. The lowest BCUT2D eigenvalue weighted by atomic mass is 10.0. The van der Waals surface area contributed by atoms with Crippen molar-refractivity contribution in [3.05, 3.63) is 70.3 Å². The van der Waals surface area contributed by atoms with Crippen molar-refractivity contribution in [1.82, 2.24) is 19.7 Å². The Bertz CT molecular complexity index is 1260. The summed E-state index contributed by atoms with van der Waals surface area (Å²) in [5.41, 5.74) is 2.78. The Labute approximate surface area is 180 Å². The van der Waals surface area contributed by atoms with Crippen LogP contribution in [0.4, 0.5) is 0 Å². The predicted molar refractivity (Wildman–Crippen MR) is 121 cm³/mol. The Balaban J connectivity index is 1.93. The molecule has 31 heavy (non-hydrogen) atoms. The van der Waals surface area contributed by atoms with Gasteiger partial charge in [-0.3, -0.25) is 14.3 Å². The van der Waals surface area contributed by atoms with Crippen molar-refractivity contribution in [3.8, 4) is 22.8 Å². The molecule has 7 nitrogen and oxygen atoms in total. The Morgan fingerprint density at radius 3 is 2.55 bits per heavy atom. The van der Waals surface area contributed by atoms with Crippen molar-refractivity contribution >= 4 is 11.0 Å². The van der Waals surface area contributed by atoms with Gasteiger partial charge in [-0.05, 0) is 43.3 Å². The fourth-order valence-corrected chi connectivity index (χ4v) is 3.83. The first-order chi connectivity index (χ1) is 15.1. The van der Waals surface area contributed by atoms with Gasteiger partial charge in [0.05, 0.1) is 10.9 Å². The largest absolute Gasteiger partial charge is 0.507 e. The minimum Gasteiger partial charge on any atom is -0.507 e. The lowest BCUT2D eigenvalue weighted by molar-refractivity contribution is 0.290. The quantitative estimate of drug-likeness (QED) is 0.485. The van der Waals surface area contributed by atoms with Crippen molar-refractivity contribution < 1.29 is 9.52 Å². The van der Waals surface area contributed by atoms with Crippen LogP contribution in [-0.4, -0.2) is 37.9 Å². The van der Waals surface area contributed by atoms with E-state index in [2.05, 4.69) is 28.9 Å². The smallest absolute Gasteiger partial charge is 0.203 e. The average molecular weight is 418 g/mol. The minimum absolute atomic E-state index is 0.193. The van der Waals surface area contributed by atoms with Crippen LogP contribution in [0.15, 0.2) is 58.2 Å². The summed E-state index contributed by atoms with van der Waals surface area (Å²) in [5, 5.41) is 19.5. The van der Waals surface area contributed by atoms with Gasteiger partial charge >= 0.3 is 0 Å². The topological polar surface area (TPSA) is 84.4 Å². The highest BCUT2D eigenvalue weighted by molar-refractivity contribution is 5.86. The number of fused-ring (bicyclic) bond motifs is 1. The molecule has 0 saturated carbocycles. The third-order valence-electron chi connectivity index (χ3n) is 5.69. The summed E-state index contributed by atoms with van der Waals surface area (Å²) in [7, 11) is 0. The molecule has 0 aliphatic rings. The Hall–Kier alpha value is -3.45. The van der Waals surface area contributed by atoms with Crippen molar-refractivity contribution in [2.45, 2.75) is 33.7 Å². The number of hydrogen-bond acceptors (Lipinski definition) is 6. The molecular weight excluding hydrogens is 392 g/mol. The van der Waals surface area contributed by atoms with Crippen LogP contribution in [0.3, 0.4) is 0 Å².